The number of hydrogen-bond donors (Lipinski definition) is 2. The number of amides is 2. The summed E-state index contributed by atoms with van der Waals surface area (Å²) in [4.78, 5) is 22.3. The molecule has 1 aliphatic carbocycles. The Labute approximate surface area is 106 Å². The molecular formula is C12H17ClN2O2. The van der Waals surface area contributed by atoms with Gasteiger partial charge in [-0.05, 0) is 31.4 Å². The number of carbonyl (C=O) groups is 2. The van der Waals surface area contributed by atoms with Crippen LogP contribution in [0.4, 0.5) is 0 Å². The van der Waals surface area contributed by atoms with Crippen molar-refractivity contribution >= 4 is 23.4 Å². The van der Waals surface area contributed by atoms with Crippen LogP contribution in [-0.2, 0) is 9.59 Å². The van der Waals surface area contributed by atoms with Crippen LogP contribution in [0.25, 0.3) is 0 Å². The molecule has 1 rings (SSSR count). The van der Waals surface area contributed by atoms with Gasteiger partial charge in [-0.15, -0.1) is 11.6 Å². The van der Waals surface area contributed by atoms with E-state index in [1.807, 2.05) is 0 Å². The average Bonchev–Trinajstić information content (AvgIpc) is 2.32. The summed E-state index contributed by atoms with van der Waals surface area (Å²) >= 11 is 6.18. The summed E-state index contributed by atoms with van der Waals surface area (Å²) in [7, 11) is 0. The molecule has 94 valence electrons. The molecule has 0 radical (unpaired) electrons. The smallest absolute Gasteiger partial charge is 0.243 e. The van der Waals surface area contributed by atoms with Gasteiger partial charge in [-0.3, -0.25) is 9.59 Å². The molecule has 0 aromatic rings. The van der Waals surface area contributed by atoms with Gasteiger partial charge in [-0.2, -0.15) is 0 Å². The largest absolute Gasteiger partial charge is 0.350 e. The van der Waals surface area contributed by atoms with Gasteiger partial charge in [0.1, 0.15) is 0 Å². The van der Waals surface area contributed by atoms with Gasteiger partial charge in [0.05, 0.1) is 5.38 Å². The Morgan fingerprint density at radius 1 is 1.12 bits per heavy atom. The minimum absolute atomic E-state index is 0.0554. The van der Waals surface area contributed by atoms with Crippen LogP contribution in [0.15, 0.2) is 25.3 Å². The summed E-state index contributed by atoms with van der Waals surface area (Å²) in [6.07, 6.45) is 4.66. The zero-order valence-corrected chi connectivity index (χ0v) is 10.4. The first kappa shape index (κ1) is 13.8. The monoisotopic (exact) mass is 256 g/mol. The molecule has 3 unspecified atom stereocenters. The normalized spacial score (nSPS) is 27.9. The van der Waals surface area contributed by atoms with Crippen molar-refractivity contribution in [1.29, 1.82) is 0 Å². The second-order valence-electron chi connectivity index (χ2n) is 4.06. The van der Waals surface area contributed by atoms with E-state index in [0.29, 0.717) is 6.42 Å². The van der Waals surface area contributed by atoms with E-state index < -0.39 is 0 Å². The quantitative estimate of drug-likeness (QED) is 0.585. The summed E-state index contributed by atoms with van der Waals surface area (Å²) in [5.41, 5.74) is 0. The Balaban J connectivity index is 2.43. The molecule has 17 heavy (non-hydrogen) atoms. The maximum atomic E-state index is 11.2. The van der Waals surface area contributed by atoms with E-state index in [4.69, 9.17) is 11.6 Å². The molecule has 0 bridgehead atoms. The van der Waals surface area contributed by atoms with Crippen LogP contribution < -0.4 is 10.6 Å². The Bertz CT molecular complexity index is 330. The Morgan fingerprint density at radius 2 is 1.71 bits per heavy atom. The van der Waals surface area contributed by atoms with E-state index in [1.54, 1.807) is 0 Å². The minimum atomic E-state index is -0.214. The van der Waals surface area contributed by atoms with Gasteiger partial charge in [0.25, 0.3) is 0 Å². The molecule has 1 fully saturated rings. The summed E-state index contributed by atoms with van der Waals surface area (Å²) in [5.74, 6) is -0.401. The molecule has 1 saturated carbocycles. The molecule has 0 aromatic carbocycles. The van der Waals surface area contributed by atoms with E-state index in [-0.39, 0.29) is 29.3 Å². The molecule has 0 heterocycles. The molecule has 0 saturated heterocycles. The van der Waals surface area contributed by atoms with Crippen LogP contribution in [0.3, 0.4) is 0 Å². The summed E-state index contributed by atoms with van der Waals surface area (Å²) in [6, 6.07) is -0.000988. The van der Waals surface area contributed by atoms with Gasteiger partial charge in [-0.25, -0.2) is 0 Å². The third-order valence-corrected chi connectivity index (χ3v) is 3.30. The van der Waals surface area contributed by atoms with Crippen LogP contribution >= 0.6 is 11.6 Å². The average molecular weight is 257 g/mol. The maximum Gasteiger partial charge on any atom is 0.243 e. The third kappa shape index (κ3) is 4.23. The Hall–Kier alpha value is -1.29. The highest BCUT2D eigenvalue weighted by molar-refractivity contribution is 6.21. The first-order valence-corrected chi connectivity index (χ1v) is 6.00. The molecule has 0 aliphatic heterocycles. The zero-order chi connectivity index (χ0) is 12.8. The predicted octanol–water partition coefficient (Wildman–Crippen LogP) is 1.12. The lowest BCUT2D eigenvalue weighted by Crippen LogP contribution is -2.49. The number of halogens is 1. The molecule has 0 aromatic heterocycles. The van der Waals surface area contributed by atoms with Gasteiger partial charge in [0, 0.05) is 12.1 Å². The molecular weight excluding hydrogens is 240 g/mol. The maximum absolute atomic E-state index is 11.2. The molecule has 4 nitrogen and oxygen atoms in total. The molecule has 0 spiro atoms. The predicted molar refractivity (Wildman–Crippen MR) is 67.7 cm³/mol. The fourth-order valence-corrected chi connectivity index (χ4v) is 2.32. The standard InChI is InChI=1S/C12H17ClN2O2/c1-3-11(16)14-8-5-6-10(9(13)7-8)15-12(17)4-2/h3-4,8-10H,1-2,5-7H2,(H,14,16)(H,15,17). The second-order valence-corrected chi connectivity index (χ2v) is 4.62. The molecule has 1 aliphatic rings. The van der Waals surface area contributed by atoms with Crippen molar-refractivity contribution in [2.24, 2.45) is 0 Å². The van der Waals surface area contributed by atoms with Crippen molar-refractivity contribution in [3.05, 3.63) is 25.3 Å². The van der Waals surface area contributed by atoms with Crippen molar-refractivity contribution in [3.63, 3.8) is 0 Å². The van der Waals surface area contributed by atoms with Crippen LogP contribution in [0.1, 0.15) is 19.3 Å². The van der Waals surface area contributed by atoms with E-state index in [2.05, 4.69) is 23.8 Å². The van der Waals surface area contributed by atoms with Gasteiger partial charge in [0.15, 0.2) is 0 Å². The number of alkyl halides is 1. The van der Waals surface area contributed by atoms with E-state index >= 15 is 0 Å². The van der Waals surface area contributed by atoms with Crippen molar-refractivity contribution in [3.8, 4) is 0 Å². The van der Waals surface area contributed by atoms with Crippen LogP contribution in [0, 0.1) is 0 Å². The summed E-state index contributed by atoms with van der Waals surface area (Å²) in [5, 5.41) is 5.42. The van der Waals surface area contributed by atoms with Gasteiger partial charge >= 0.3 is 0 Å². The van der Waals surface area contributed by atoms with Crippen molar-refractivity contribution in [1.82, 2.24) is 10.6 Å². The van der Waals surface area contributed by atoms with Crippen molar-refractivity contribution < 1.29 is 9.59 Å². The van der Waals surface area contributed by atoms with E-state index in [1.165, 1.54) is 12.2 Å². The lowest BCUT2D eigenvalue weighted by molar-refractivity contribution is -0.118. The minimum Gasteiger partial charge on any atom is -0.350 e. The van der Waals surface area contributed by atoms with Crippen LogP contribution in [-0.4, -0.2) is 29.3 Å². The Kier molecular flexibility index (Phi) is 5.22. The van der Waals surface area contributed by atoms with Crippen molar-refractivity contribution in [2.45, 2.75) is 36.7 Å². The van der Waals surface area contributed by atoms with Gasteiger partial charge in [0.2, 0.25) is 11.8 Å². The van der Waals surface area contributed by atoms with Crippen molar-refractivity contribution in [2.75, 3.05) is 0 Å². The van der Waals surface area contributed by atoms with Gasteiger partial charge in [-0.1, -0.05) is 13.2 Å². The fraction of sp³-hybridized carbons (Fsp3) is 0.500. The van der Waals surface area contributed by atoms with E-state index in [9.17, 15) is 9.59 Å². The summed E-state index contributed by atoms with van der Waals surface area (Å²) in [6.45, 7) is 6.79. The molecule has 5 heteroatoms. The number of hydrogen-bond acceptors (Lipinski definition) is 2. The van der Waals surface area contributed by atoms with Gasteiger partial charge < -0.3 is 10.6 Å². The molecule has 3 atom stereocenters. The number of rotatable bonds is 4. The first-order valence-electron chi connectivity index (χ1n) is 5.56. The summed E-state index contributed by atoms with van der Waals surface area (Å²) < 4.78 is 0. The highest BCUT2D eigenvalue weighted by atomic mass is 35.5. The first-order chi connectivity index (χ1) is 8.06. The van der Waals surface area contributed by atoms with Crippen LogP contribution in [0.2, 0.25) is 0 Å². The topological polar surface area (TPSA) is 58.2 Å². The highest BCUT2D eigenvalue weighted by Crippen LogP contribution is 2.23. The van der Waals surface area contributed by atoms with E-state index in [0.717, 1.165) is 12.8 Å². The molecule has 2 N–H and O–H groups in total. The van der Waals surface area contributed by atoms with Crippen LogP contribution in [0.5, 0.6) is 0 Å². The third-order valence-electron chi connectivity index (χ3n) is 2.82. The lowest BCUT2D eigenvalue weighted by atomic mass is 9.90. The fourth-order valence-electron chi connectivity index (χ4n) is 1.91. The zero-order valence-electron chi connectivity index (χ0n) is 9.62. The highest BCUT2D eigenvalue weighted by Gasteiger charge is 2.30. The number of nitrogens with one attached hydrogen (secondary N) is 2. The Morgan fingerprint density at radius 3 is 2.24 bits per heavy atom. The lowest BCUT2D eigenvalue weighted by Gasteiger charge is -2.33. The SMILES string of the molecule is C=CC(=O)NC1CCC(NC(=O)C=C)C(Cl)C1. The number of carbonyl (C=O) groups excluding carboxylic acids is 2. The second kappa shape index (κ2) is 6.45. The molecule has 2 amide bonds.